The molecule has 0 aromatic heterocycles. The summed E-state index contributed by atoms with van der Waals surface area (Å²) in [6, 6.07) is 7.43. The van der Waals surface area contributed by atoms with Crippen LogP contribution >= 0.6 is 0 Å². The van der Waals surface area contributed by atoms with Gasteiger partial charge in [-0.3, -0.25) is 0 Å². The zero-order valence-electron chi connectivity index (χ0n) is 10.5. The lowest BCUT2D eigenvalue weighted by molar-refractivity contribution is 0.415. The highest BCUT2D eigenvalue weighted by atomic mass is 32.2. The van der Waals surface area contributed by atoms with E-state index in [-0.39, 0.29) is 11.5 Å². The summed E-state index contributed by atoms with van der Waals surface area (Å²) < 4.78 is 28.1. The van der Waals surface area contributed by atoms with Crippen molar-refractivity contribution in [1.82, 2.24) is 0 Å². The third kappa shape index (κ3) is 5.33. The minimum Gasteiger partial charge on any atom is -0.497 e. The number of ether oxygens (including phenoxy) is 1. The van der Waals surface area contributed by atoms with Crippen LogP contribution in [0.2, 0.25) is 0 Å². The Bertz CT molecular complexity index is 477. The van der Waals surface area contributed by atoms with E-state index in [2.05, 4.69) is 0 Å². The van der Waals surface area contributed by atoms with Gasteiger partial charge in [0.05, 0.1) is 18.6 Å². The maximum Gasteiger partial charge on any atom is 0.153 e. The lowest BCUT2D eigenvalue weighted by Crippen LogP contribution is -2.13. The molecule has 0 unspecified atom stereocenters. The van der Waals surface area contributed by atoms with Crippen LogP contribution in [0.25, 0.3) is 6.08 Å². The summed E-state index contributed by atoms with van der Waals surface area (Å²) in [7, 11) is -1.41. The predicted molar refractivity (Wildman–Crippen MR) is 74.4 cm³/mol. The molecule has 0 atom stereocenters. The molecule has 0 bridgehead atoms. The van der Waals surface area contributed by atoms with Gasteiger partial charge in [-0.15, -0.1) is 0 Å². The van der Waals surface area contributed by atoms with Gasteiger partial charge in [0.15, 0.2) is 9.84 Å². The zero-order chi connectivity index (χ0) is 13.4. The largest absolute Gasteiger partial charge is 0.497 e. The molecule has 5 heteroatoms. The van der Waals surface area contributed by atoms with Gasteiger partial charge in [-0.25, -0.2) is 8.42 Å². The van der Waals surface area contributed by atoms with Gasteiger partial charge in [0.25, 0.3) is 0 Å². The zero-order valence-corrected chi connectivity index (χ0v) is 11.3. The summed E-state index contributed by atoms with van der Waals surface area (Å²) in [4.78, 5) is 0. The van der Waals surface area contributed by atoms with Crippen molar-refractivity contribution in [3.63, 3.8) is 0 Å². The van der Waals surface area contributed by atoms with Crippen molar-refractivity contribution < 1.29 is 13.2 Å². The van der Waals surface area contributed by atoms with Crippen molar-refractivity contribution in [2.24, 2.45) is 5.73 Å². The van der Waals surface area contributed by atoms with Crippen molar-refractivity contribution in [2.45, 2.75) is 6.42 Å². The molecule has 100 valence electrons. The normalized spacial score (nSPS) is 11.9. The van der Waals surface area contributed by atoms with Crippen LogP contribution in [0.3, 0.4) is 0 Å². The van der Waals surface area contributed by atoms with Gasteiger partial charge in [-0.05, 0) is 30.7 Å². The third-order valence-electron chi connectivity index (χ3n) is 2.44. The van der Waals surface area contributed by atoms with Crippen LogP contribution in [-0.4, -0.2) is 33.6 Å². The van der Waals surface area contributed by atoms with E-state index in [0.29, 0.717) is 13.0 Å². The van der Waals surface area contributed by atoms with Crippen molar-refractivity contribution in [3.05, 3.63) is 35.9 Å². The summed E-state index contributed by atoms with van der Waals surface area (Å²) in [6.45, 7) is 0.404. The maximum absolute atomic E-state index is 11.6. The van der Waals surface area contributed by atoms with Gasteiger partial charge < -0.3 is 10.5 Å². The molecule has 0 aliphatic rings. The number of hydrogen-bond acceptors (Lipinski definition) is 4. The highest BCUT2D eigenvalue weighted by molar-refractivity contribution is 7.91. The quantitative estimate of drug-likeness (QED) is 0.814. The second-order valence-corrected chi connectivity index (χ2v) is 6.16. The Morgan fingerprint density at radius 1 is 1.28 bits per heavy atom. The lowest BCUT2D eigenvalue weighted by atomic mass is 10.2. The number of rotatable bonds is 7. The van der Waals surface area contributed by atoms with E-state index in [1.54, 1.807) is 19.3 Å². The van der Waals surface area contributed by atoms with Gasteiger partial charge in [-0.1, -0.05) is 24.3 Å². The number of hydrogen-bond donors (Lipinski definition) is 1. The molecule has 0 saturated heterocycles. The topological polar surface area (TPSA) is 69.4 Å². The molecular formula is C13H19NO3S. The average molecular weight is 269 g/mol. The van der Waals surface area contributed by atoms with E-state index in [1.807, 2.05) is 24.3 Å². The van der Waals surface area contributed by atoms with E-state index in [1.165, 1.54) is 0 Å². The maximum atomic E-state index is 11.6. The Balaban J connectivity index is 2.53. The Morgan fingerprint density at radius 2 is 1.94 bits per heavy atom. The summed E-state index contributed by atoms with van der Waals surface area (Å²) in [5, 5.41) is 0. The molecule has 0 heterocycles. The molecule has 0 aliphatic carbocycles. The van der Waals surface area contributed by atoms with Crippen LogP contribution < -0.4 is 10.5 Å². The van der Waals surface area contributed by atoms with Gasteiger partial charge in [0.2, 0.25) is 0 Å². The molecule has 1 aromatic carbocycles. The Morgan fingerprint density at radius 3 is 2.50 bits per heavy atom. The fourth-order valence-electron chi connectivity index (χ4n) is 1.43. The SMILES string of the molecule is COc1ccc(/C=C/CS(=O)(=O)CCCN)cc1. The molecule has 0 aliphatic heterocycles. The second-order valence-electron chi connectivity index (χ2n) is 3.93. The highest BCUT2D eigenvalue weighted by Gasteiger charge is 2.06. The number of methoxy groups -OCH3 is 1. The monoisotopic (exact) mass is 269 g/mol. The highest BCUT2D eigenvalue weighted by Crippen LogP contribution is 2.12. The van der Waals surface area contributed by atoms with Crippen molar-refractivity contribution in [1.29, 1.82) is 0 Å². The van der Waals surface area contributed by atoms with E-state index < -0.39 is 9.84 Å². The number of sulfone groups is 1. The van der Waals surface area contributed by atoms with Crippen LogP contribution in [0.1, 0.15) is 12.0 Å². The van der Waals surface area contributed by atoms with Crippen LogP contribution in [0, 0.1) is 0 Å². The Hall–Kier alpha value is -1.33. The molecule has 0 spiro atoms. The first kappa shape index (κ1) is 14.7. The number of nitrogens with two attached hydrogens (primary N) is 1. The molecule has 0 radical (unpaired) electrons. The molecule has 1 rings (SSSR count). The van der Waals surface area contributed by atoms with E-state index in [4.69, 9.17) is 10.5 Å². The Kier molecular flexibility index (Phi) is 5.88. The molecule has 18 heavy (non-hydrogen) atoms. The summed E-state index contributed by atoms with van der Waals surface area (Å²) >= 11 is 0. The smallest absolute Gasteiger partial charge is 0.153 e. The molecular weight excluding hydrogens is 250 g/mol. The first-order chi connectivity index (χ1) is 8.57. The standard InChI is InChI=1S/C13H19NO3S/c1-17-13-7-5-12(6-8-13)4-2-10-18(15,16)11-3-9-14/h2,4-8H,3,9-11,14H2,1H3/b4-2+. The fourth-order valence-corrected chi connectivity index (χ4v) is 2.60. The summed E-state index contributed by atoms with van der Waals surface area (Å²) in [6.07, 6.45) is 3.96. The van der Waals surface area contributed by atoms with Crippen LogP contribution in [-0.2, 0) is 9.84 Å². The van der Waals surface area contributed by atoms with E-state index >= 15 is 0 Å². The van der Waals surface area contributed by atoms with Gasteiger partial charge in [0, 0.05) is 0 Å². The molecule has 4 nitrogen and oxygen atoms in total. The molecule has 2 N–H and O–H groups in total. The Labute approximate surface area is 108 Å². The predicted octanol–water partition coefficient (Wildman–Crippen LogP) is 1.47. The van der Waals surface area contributed by atoms with Gasteiger partial charge in [0.1, 0.15) is 5.75 Å². The minimum atomic E-state index is -3.02. The van der Waals surface area contributed by atoms with Crippen LogP contribution in [0.5, 0.6) is 5.75 Å². The van der Waals surface area contributed by atoms with Crippen molar-refractivity contribution in [2.75, 3.05) is 25.2 Å². The van der Waals surface area contributed by atoms with Gasteiger partial charge in [-0.2, -0.15) is 0 Å². The van der Waals surface area contributed by atoms with Crippen molar-refractivity contribution >= 4 is 15.9 Å². The second kappa shape index (κ2) is 7.18. The molecule has 0 saturated carbocycles. The first-order valence-corrected chi connectivity index (χ1v) is 7.60. The lowest BCUT2D eigenvalue weighted by Gasteiger charge is -2.00. The summed E-state index contributed by atoms with van der Waals surface area (Å²) in [5.74, 6) is 0.984. The van der Waals surface area contributed by atoms with E-state index in [0.717, 1.165) is 11.3 Å². The van der Waals surface area contributed by atoms with E-state index in [9.17, 15) is 8.42 Å². The minimum absolute atomic E-state index is 0.0546. The first-order valence-electron chi connectivity index (χ1n) is 5.78. The van der Waals surface area contributed by atoms with Crippen LogP contribution in [0.4, 0.5) is 0 Å². The molecule has 0 fully saturated rings. The summed E-state index contributed by atoms with van der Waals surface area (Å²) in [5.41, 5.74) is 6.24. The molecule has 0 amide bonds. The number of benzene rings is 1. The van der Waals surface area contributed by atoms with Gasteiger partial charge >= 0.3 is 0 Å². The third-order valence-corrected chi connectivity index (χ3v) is 4.05. The van der Waals surface area contributed by atoms with Crippen molar-refractivity contribution in [3.8, 4) is 5.75 Å². The molecule has 1 aromatic rings. The van der Waals surface area contributed by atoms with Crippen LogP contribution in [0.15, 0.2) is 30.3 Å². The fraction of sp³-hybridized carbons (Fsp3) is 0.385. The average Bonchev–Trinajstić information content (AvgIpc) is 2.37.